The highest BCUT2D eigenvalue weighted by Gasteiger charge is 2.22. The summed E-state index contributed by atoms with van der Waals surface area (Å²) in [6.45, 7) is 3.86. The number of fused-ring (bicyclic) bond motifs is 3. The first-order chi connectivity index (χ1) is 19.6. The van der Waals surface area contributed by atoms with E-state index in [9.17, 15) is 9.59 Å². The SMILES string of the molecule is O=C(CCC(=O)N1CCN(Cc2ccccc2)CC1)NNc1nc2ccccc2c2nc(-c3ccccc3)nn12. The highest BCUT2D eigenvalue weighted by Crippen LogP contribution is 2.23. The fourth-order valence-electron chi connectivity index (χ4n) is 4.91. The van der Waals surface area contributed by atoms with Crippen LogP contribution in [0.4, 0.5) is 5.95 Å². The first-order valence-electron chi connectivity index (χ1n) is 13.4. The third-order valence-corrected chi connectivity index (χ3v) is 7.06. The topological polar surface area (TPSA) is 108 Å². The van der Waals surface area contributed by atoms with Gasteiger partial charge < -0.3 is 4.90 Å². The van der Waals surface area contributed by atoms with Crippen LogP contribution in [0.5, 0.6) is 0 Å². The number of benzene rings is 3. The van der Waals surface area contributed by atoms with Gasteiger partial charge in [0.05, 0.1) is 5.52 Å². The van der Waals surface area contributed by atoms with Gasteiger partial charge in [0.2, 0.25) is 17.8 Å². The van der Waals surface area contributed by atoms with Crippen LogP contribution in [0.25, 0.3) is 27.9 Å². The molecule has 1 aliphatic rings. The number of piperazine rings is 1. The van der Waals surface area contributed by atoms with E-state index < -0.39 is 0 Å². The second-order valence-electron chi connectivity index (χ2n) is 9.81. The summed E-state index contributed by atoms with van der Waals surface area (Å²) < 4.78 is 1.59. The molecule has 2 N–H and O–H groups in total. The van der Waals surface area contributed by atoms with Gasteiger partial charge in [-0.25, -0.2) is 9.97 Å². The van der Waals surface area contributed by atoms with Gasteiger partial charge in [-0.15, -0.1) is 5.10 Å². The van der Waals surface area contributed by atoms with Crippen molar-refractivity contribution in [2.24, 2.45) is 0 Å². The fourth-order valence-corrected chi connectivity index (χ4v) is 4.91. The molecule has 5 aromatic rings. The third kappa shape index (κ3) is 5.62. The van der Waals surface area contributed by atoms with Crippen molar-refractivity contribution in [3.8, 4) is 11.4 Å². The molecular weight excluding hydrogens is 504 g/mol. The monoisotopic (exact) mass is 534 g/mol. The quantitative estimate of drug-likeness (QED) is 0.293. The zero-order chi connectivity index (χ0) is 27.3. The summed E-state index contributed by atoms with van der Waals surface area (Å²) in [5, 5.41) is 5.49. The minimum absolute atomic E-state index is 0.00971. The van der Waals surface area contributed by atoms with Crippen molar-refractivity contribution in [1.29, 1.82) is 0 Å². The van der Waals surface area contributed by atoms with Crippen LogP contribution >= 0.6 is 0 Å². The lowest BCUT2D eigenvalue weighted by Gasteiger charge is -2.34. The normalized spacial score (nSPS) is 13.9. The number of carbonyl (C=O) groups excluding carboxylic acids is 2. The number of nitrogens with zero attached hydrogens (tertiary/aromatic N) is 6. The van der Waals surface area contributed by atoms with Crippen molar-refractivity contribution in [3.63, 3.8) is 0 Å². The Bertz CT molecular complexity index is 1630. The Labute approximate surface area is 231 Å². The van der Waals surface area contributed by atoms with Crippen molar-refractivity contribution >= 4 is 34.3 Å². The molecule has 2 aromatic heterocycles. The Morgan fingerprint density at radius 2 is 1.48 bits per heavy atom. The maximum atomic E-state index is 12.8. The second kappa shape index (κ2) is 11.5. The van der Waals surface area contributed by atoms with Crippen molar-refractivity contribution in [2.45, 2.75) is 19.4 Å². The van der Waals surface area contributed by atoms with Crippen molar-refractivity contribution in [2.75, 3.05) is 31.6 Å². The molecule has 40 heavy (non-hydrogen) atoms. The molecule has 0 saturated carbocycles. The van der Waals surface area contributed by atoms with Crippen molar-refractivity contribution in [3.05, 3.63) is 90.5 Å². The molecular formula is C30H30N8O2. The summed E-state index contributed by atoms with van der Waals surface area (Å²) in [5.41, 5.74) is 9.07. The molecule has 0 aliphatic carbocycles. The van der Waals surface area contributed by atoms with Gasteiger partial charge in [0.25, 0.3) is 0 Å². The zero-order valence-electron chi connectivity index (χ0n) is 22.0. The van der Waals surface area contributed by atoms with E-state index in [1.165, 1.54) is 5.56 Å². The van der Waals surface area contributed by atoms with Gasteiger partial charge in [-0.05, 0) is 17.7 Å². The zero-order valence-corrected chi connectivity index (χ0v) is 22.0. The maximum absolute atomic E-state index is 12.8. The summed E-state index contributed by atoms with van der Waals surface area (Å²) in [6.07, 6.45) is 0.216. The number of nitrogens with one attached hydrogen (secondary N) is 2. The van der Waals surface area contributed by atoms with Crippen LogP contribution in [-0.4, -0.2) is 67.4 Å². The minimum Gasteiger partial charge on any atom is -0.340 e. The number of aromatic nitrogens is 4. The number of hydrazine groups is 1. The van der Waals surface area contributed by atoms with Crippen molar-refractivity contribution < 1.29 is 9.59 Å². The summed E-state index contributed by atoms with van der Waals surface area (Å²) in [7, 11) is 0. The molecule has 0 atom stereocenters. The van der Waals surface area contributed by atoms with Crippen LogP contribution in [0.3, 0.4) is 0 Å². The predicted molar refractivity (Wildman–Crippen MR) is 153 cm³/mol. The van der Waals surface area contributed by atoms with Crippen LogP contribution in [0, 0.1) is 0 Å². The summed E-state index contributed by atoms with van der Waals surface area (Å²) in [4.78, 5) is 39.0. The number of hydrogen-bond acceptors (Lipinski definition) is 7. The molecule has 10 nitrogen and oxygen atoms in total. The number of hydrogen-bond donors (Lipinski definition) is 2. The summed E-state index contributed by atoms with van der Waals surface area (Å²) in [6, 6.07) is 27.7. The minimum atomic E-state index is -0.303. The maximum Gasteiger partial charge on any atom is 0.245 e. The number of para-hydroxylation sites is 1. The number of amides is 2. The van der Waals surface area contributed by atoms with E-state index in [4.69, 9.17) is 4.98 Å². The van der Waals surface area contributed by atoms with Gasteiger partial charge in [-0.3, -0.25) is 25.3 Å². The Hall–Kier alpha value is -4.83. The number of carbonyl (C=O) groups is 2. The molecule has 0 spiro atoms. The van der Waals surface area contributed by atoms with Crippen LogP contribution in [0.15, 0.2) is 84.9 Å². The standard InChI is InChI=1S/C30H30N8O2/c39-26(15-16-27(40)37-19-17-36(18-20-37)21-22-9-3-1-4-10-22)33-34-30-31-25-14-8-7-13-24(25)29-32-28(35-38(29)30)23-11-5-2-6-12-23/h1-14H,15-21H2,(H,31,34)(H,33,39). The second-order valence-corrected chi connectivity index (χ2v) is 9.81. The first-order valence-corrected chi connectivity index (χ1v) is 13.4. The lowest BCUT2D eigenvalue weighted by molar-refractivity contribution is -0.135. The van der Waals surface area contributed by atoms with Gasteiger partial charge in [0, 0.05) is 56.5 Å². The molecule has 3 aromatic carbocycles. The van der Waals surface area contributed by atoms with E-state index in [2.05, 4.69) is 38.0 Å². The van der Waals surface area contributed by atoms with E-state index in [-0.39, 0.29) is 24.7 Å². The Balaban J connectivity index is 1.06. The van der Waals surface area contributed by atoms with E-state index in [0.29, 0.717) is 30.5 Å². The lowest BCUT2D eigenvalue weighted by atomic mass is 10.2. The molecule has 2 amide bonds. The average molecular weight is 535 g/mol. The van der Waals surface area contributed by atoms with Crippen molar-refractivity contribution in [1.82, 2.24) is 34.8 Å². The first kappa shape index (κ1) is 25.4. The molecule has 0 bridgehead atoms. The van der Waals surface area contributed by atoms with E-state index in [1.807, 2.05) is 77.7 Å². The van der Waals surface area contributed by atoms with E-state index in [1.54, 1.807) is 4.52 Å². The Morgan fingerprint density at radius 3 is 2.25 bits per heavy atom. The molecule has 6 rings (SSSR count). The van der Waals surface area contributed by atoms with Gasteiger partial charge in [-0.2, -0.15) is 4.52 Å². The smallest absolute Gasteiger partial charge is 0.245 e. The van der Waals surface area contributed by atoms with Gasteiger partial charge >= 0.3 is 0 Å². The predicted octanol–water partition coefficient (Wildman–Crippen LogP) is 3.51. The summed E-state index contributed by atoms with van der Waals surface area (Å²) in [5.74, 6) is 0.576. The molecule has 202 valence electrons. The van der Waals surface area contributed by atoms with Crippen LogP contribution in [0.1, 0.15) is 18.4 Å². The Kier molecular flexibility index (Phi) is 7.32. The van der Waals surface area contributed by atoms with E-state index >= 15 is 0 Å². The van der Waals surface area contributed by atoms with Gasteiger partial charge in [0.15, 0.2) is 11.5 Å². The molecule has 1 aliphatic heterocycles. The molecule has 1 saturated heterocycles. The average Bonchev–Trinajstić information content (AvgIpc) is 3.46. The summed E-state index contributed by atoms with van der Waals surface area (Å²) >= 11 is 0. The number of anilines is 1. The largest absolute Gasteiger partial charge is 0.340 e. The number of rotatable bonds is 8. The van der Waals surface area contributed by atoms with Crippen LogP contribution in [0.2, 0.25) is 0 Å². The van der Waals surface area contributed by atoms with Gasteiger partial charge in [-0.1, -0.05) is 72.8 Å². The van der Waals surface area contributed by atoms with E-state index in [0.717, 1.165) is 36.1 Å². The highest BCUT2D eigenvalue weighted by molar-refractivity contribution is 5.93. The van der Waals surface area contributed by atoms with Gasteiger partial charge in [0.1, 0.15) is 0 Å². The molecule has 0 radical (unpaired) electrons. The molecule has 10 heteroatoms. The fraction of sp³-hybridized carbons (Fsp3) is 0.233. The third-order valence-electron chi connectivity index (χ3n) is 7.06. The van der Waals surface area contributed by atoms with Crippen LogP contribution in [-0.2, 0) is 16.1 Å². The van der Waals surface area contributed by atoms with Crippen LogP contribution < -0.4 is 10.9 Å². The molecule has 0 unspecified atom stereocenters. The highest BCUT2D eigenvalue weighted by atomic mass is 16.2. The molecule has 3 heterocycles. The Morgan fingerprint density at radius 1 is 0.775 bits per heavy atom. The lowest BCUT2D eigenvalue weighted by Crippen LogP contribution is -2.48. The molecule has 1 fully saturated rings.